The average Bonchev–Trinajstić information content (AvgIpc) is 3.24. The molecular formula is C17H16N4O4. The van der Waals surface area contributed by atoms with E-state index in [-0.39, 0.29) is 18.0 Å². The second-order valence-electron chi connectivity index (χ2n) is 5.56. The number of carbonyl (C=O) groups is 2. The number of amides is 1. The highest BCUT2D eigenvalue weighted by Gasteiger charge is 2.18. The summed E-state index contributed by atoms with van der Waals surface area (Å²) in [5, 5.41) is 16.5. The molecule has 0 unspecified atom stereocenters. The maximum Gasteiger partial charge on any atom is 0.339 e. The molecule has 2 heterocycles. The Kier molecular flexibility index (Phi) is 4.34. The summed E-state index contributed by atoms with van der Waals surface area (Å²) in [6.07, 6.45) is 3.14. The van der Waals surface area contributed by atoms with Crippen molar-refractivity contribution in [3.05, 3.63) is 65.6 Å². The maximum atomic E-state index is 12.5. The molecule has 0 atom stereocenters. The molecule has 0 fully saturated rings. The van der Waals surface area contributed by atoms with E-state index in [4.69, 9.17) is 9.52 Å². The first kappa shape index (κ1) is 16.4. The standard InChI is InChI=1S/C17H16N4O4/c1-11-15(17(23)24)7-14(25-11)8-20(2)16(22)12-3-5-13(6-4-12)21-9-18-19-10-21/h3-7,9-10H,8H2,1-2H3,(H,23,24). The van der Waals surface area contributed by atoms with E-state index < -0.39 is 5.97 Å². The SMILES string of the molecule is Cc1oc(CN(C)C(=O)c2ccc(-n3cnnc3)cc2)cc1C(=O)O. The number of hydrogen-bond acceptors (Lipinski definition) is 5. The number of carbonyl (C=O) groups excluding carboxylic acids is 1. The molecule has 1 N–H and O–H groups in total. The van der Waals surface area contributed by atoms with Crippen molar-refractivity contribution in [1.29, 1.82) is 0 Å². The second-order valence-corrected chi connectivity index (χ2v) is 5.56. The van der Waals surface area contributed by atoms with Crippen LogP contribution in [0.1, 0.15) is 32.2 Å². The van der Waals surface area contributed by atoms with Crippen molar-refractivity contribution >= 4 is 11.9 Å². The highest BCUT2D eigenvalue weighted by molar-refractivity contribution is 5.94. The largest absolute Gasteiger partial charge is 0.478 e. The molecule has 0 radical (unpaired) electrons. The van der Waals surface area contributed by atoms with Gasteiger partial charge in [0.1, 0.15) is 29.7 Å². The van der Waals surface area contributed by atoms with Crippen molar-refractivity contribution in [2.24, 2.45) is 0 Å². The van der Waals surface area contributed by atoms with E-state index in [2.05, 4.69) is 10.2 Å². The topological polar surface area (TPSA) is 101 Å². The zero-order valence-corrected chi connectivity index (χ0v) is 13.7. The first-order valence-corrected chi connectivity index (χ1v) is 7.49. The van der Waals surface area contributed by atoms with Crippen LogP contribution in [-0.2, 0) is 6.54 Å². The fourth-order valence-electron chi connectivity index (χ4n) is 2.47. The van der Waals surface area contributed by atoms with E-state index in [0.717, 1.165) is 5.69 Å². The van der Waals surface area contributed by atoms with Crippen LogP contribution >= 0.6 is 0 Å². The molecule has 3 rings (SSSR count). The van der Waals surface area contributed by atoms with E-state index >= 15 is 0 Å². The molecule has 1 aromatic carbocycles. The first-order valence-electron chi connectivity index (χ1n) is 7.49. The Morgan fingerprint density at radius 1 is 1.20 bits per heavy atom. The predicted octanol–water partition coefficient (Wildman–Crippen LogP) is 2.14. The van der Waals surface area contributed by atoms with E-state index in [1.54, 1.807) is 55.5 Å². The van der Waals surface area contributed by atoms with Crippen LogP contribution < -0.4 is 0 Å². The molecule has 2 aromatic heterocycles. The summed E-state index contributed by atoms with van der Waals surface area (Å²) in [5.41, 5.74) is 1.46. The maximum absolute atomic E-state index is 12.5. The summed E-state index contributed by atoms with van der Waals surface area (Å²) in [6, 6.07) is 8.46. The smallest absolute Gasteiger partial charge is 0.339 e. The molecule has 25 heavy (non-hydrogen) atoms. The Morgan fingerprint density at radius 3 is 2.40 bits per heavy atom. The van der Waals surface area contributed by atoms with Crippen LogP contribution in [0.15, 0.2) is 47.4 Å². The van der Waals surface area contributed by atoms with Gasteiger partial charge in [-0.3, -0.25) is 9.36 Å². The average molecular weight is 340 g/mol. The molecule has 1 amide bonds. The van der Waals surface area contributed by atoms with Gasteiger partial charge in [0.2, 0.25) is 0 Å². The minimum Gasteiger partial charge on any atom is -0.478 e. The summed E-state index contributed by atoms with van der Waals surface area (Å²) < 4.78 is 7.14. The van der Waals surface area contributed by atoms with Gasteiger partial charge in [-0.05, 0) is 37.3 Å². The molecule has 8 nitrogen and oxygen atoms in total. The predicted molar refractivity (Wildman–Crippen MR) is 87.6 cm³/mol. The summed E-state index contributed by atoms with van der Waals surface area (Å²) >= 11 is 0. The van der Waals surface area contributed by atoms with Crippen LogP contribution in [0.5, 0.6) is 0 Å². The van der Waals surface area contributed by atoms with Gasteiger partial charge in [0.05, 0.1) is 6.54 Å². The number of aromatic carboxylic acids is 1. The Hall–Kier alpha value is -3.42. The van der Waals surface area contributed by atoms with Crippen LogP contribution in [-0.4, -0.2) is 43.7 Å². The van der Waals surface area contributed by atoms with Gasteiger partial charge in [0.15, 0.2) is 0 Å². The number of furan rings is 1. The van der Waals surface area contributed by atoms with Crippen molar-refractivity contribution in [1.82, 2.24) is 19.7 Å². The normalized spacial score (nSPS) is 10.6. The lowest BCUT2D eigenvalue weighted by atomic mass is 10.1. The Bertz CT molecular complexity index is 897. The molecule has 0 bridgehead atoms. The van der Waals surface area contributed by atoms with Gasteiger partial charge in [-0.25, -0.2) is 4.79 Å². The van der Waals surface area contributed by atoms with Gasteiger partial charge in [-0.2, -0.15) is 0 Å². The van der Waals surface area contributed by atoms with Crippen molar-refractivity contribution in [3.8, 4) is 5.69 Å². The fraction of sp³-hybridized carbons (Fsp3) is 0.176. The van der Waals surface area contributed by atoms with Crippen molar-refractivity contribution in [2.45, 2.75) is 13.5 Å². The number of hydrogen-bond donors (Lipinski definition) is 1. The molecule has 0 saturated heterocycles. The van der Waals surface area contributed by atoms with Gasteiger partial charge in [0.25, 0.3) is 5.91 Å². The van der Waals surface area contributed by atoms with Gasteiger partial charge in [-0.1, -0.05) is 0 Å². The van der Waals surface area contributed by atoms with Gasteiger partial charge >= 0.3 is 5.97 Å². The zero-order valence-electron chi connectivity index (χ0n) is 13.7. The van der Waals surface area contributed by atoms with E-state index in [1.807, 2.05) is 0 Å². The van der Waals surface area contributed by atoms with E-state index in [0.29, 0.717) is 17.1 Å². The fourth-order valence-corrected chi connectivity index (χ4v) is 2.47. The van der Waals surface area contributed by atoms with Crippen molar-refractivity contribution < 1.29 is 19.1 Å². The minimum atomic E-state index is -1.05. The molecule has 8 heteroatoms. The molecular weight excluding hydrogens is 324 g/mol. The molecule has 3 aromatic rings. The number of nitrogens with zero attached hydrogens (tertiary/aromatic N) is 4. The molecule has 0 aliphatic rings. The first-order chi connectivity index (χ1) is 12.0. The molecule has 0 saturated carbocycles. The summed E-state index contributed by atoms with van der Waals surface area (Å²) in [5.74, 6) is -0.499. The summed E-state index contributed by atoms with van der Waals surface area (Å²) in [6.45, 7) is 1.76. The van der Waals surface area contributed by atoms with Crippen LogP contribution in [0.25, 0.3) is 5.69 Å². The number of aromatic nitrogens is 3. The lowest BCUT2D eigenvalue weighted by Gasteiger charge is -2.16. The number of carboxylic acid groups (broad SMARTS) is 1. The minimum absolute atomic E-state index is 0.106. The van der Waals surface area contributed by atoms with E-state index in [9.17, 15) is 9.59 Å². The van der Waals surface area contributed by atoms with Gasteiger partial charge in [0, 0.05) is 18.3 Å². The van der Waals surface area contributed by atoms with Crippen molar-refractivity contribution in [2.75, 3.05) is 7.05 Å². The number of aryl methyl sites for hydroxylation is 1. The van der Waals surface area contributed by atoms with E-state index in [1.165, 1.54) is 11.0 Å². The summed E-state index contributed by atoms with van der Waals surface area (Å²) in [7, 11) is 1.63. The number of benzene rings is 1. The Balaban J connectivity index is 1.72. The monoisotopic (exact) mass is 340 g/mol. The Morgan fingerprint density at radius 2 is 1.84 bits per heavy atom. The third-order valence-electron chi connectivity index (χ3n) is 3.77. The quantitative estimate of drug-likeness (QED) is 0.763. The van der Waals surface area contributed by atoms with Gasteiger partial charge in [-0.15, -0.1) is 10.2 Å². The van der Waals surface area contributed by atoms with Crippen molar-refractivity contribution in [3.63, 3.8) is 0 Å². The summed E-state index contributed by atoms with van der Waals surface area (Å²) in [4.78, 5) is 25.0. The molecule has 0 aliphatic carbocycles. The van der Waals surface area contributed by atoms with Crippen LogP contribution in [0.3, 0.4) is 0 Å². The number of carboxylic acids is 1. The number of rotatable bonds is 5. The van der Waals surface area contributed by atoms with Crippen LogP contribution in [0.2, 0.25) is 0 Å². The third-order valence-corrected chi connectivity index (χ3v) is 3.77. The highest BCUT2D eigenvalue weighted by atomic mass is 16.4. The van der Waals surface area contributed by atoms with Crippen LogP contribution in [0.4, 0.5) is 0 Å². The molecule has 0 spiro atoms. The Labute approximate surface area is 143 Å². The van der Waals surface area contributed by atoms with Crippen LogP contribution in [0, 0.1) is 6.92 Å². The molecule has 128 valence electrons. The second kappa shape index (κ2) is 6.60. The lowest BCUT2D eigenvalue weighted by Crippen LogP contribution is -2.26. The molecule has 0 aliphatic heterocycles. The lowest BCUT2D eigenvalue weighted by molar-refractivity contribution is 0.0694. The zero-order chi connectivity index (χ0) is 18.0. The third kappa shape index (κ3) is 3.42. The highest BCUT2D eigenvalue weighted by Crippen LogP contribution is 2.17. The van der Waals surface area contributed by atoms with Gasteiger partial charge < -0.3 is 14.4 Å².